The average Bonchev–Trinajstić information content (AvgIpc) is 2.85. The Labute approximate surface area is 201 Å². The molecular weight excluding hydrogens is 448 g/mol. The summed E-state index contributed by atoms with van der Waals surface area (Å²) in [4.78, 5) is 34.1. The third-order valence-electron chi connectivity index (χ3n) is 5.18. The number of methoxy groups -OCH3 is 1. The molecule has 2 amide bonds. The van der Waals surface area contributed by atoms with Gasteiger partial charge in [-0.25, -0.2) is 9.97 Å². The molecule has 2 N–H and O–H groups in total. The molecule has 8 heteroatoms. The number of thioether (sulfide) groups is 1. The molecule has 4 aromatic rings. The van der Waals surface area contributed by atoms with Crippen LogP contribution in [0.1, 0.15) is 37.7 Å². The van der Waals surface area contributed by atoms with Gasteiger partial charge in [0.1, 0.15) is 5.75 Å². The van der Waals surface area contributed by atoms with Crippen LogP contribution >= 0.6 is 11.8 Å². The third kappa shape index (κ3) is 5.35. The number of nitrogens with one attached hydrogen (secondary N) is 2. The zero-order valence-corrected chi connectivity index (χ0v) is 19.9. The fraction of sp³-hybridized carbons (Fsp3) is 0.154. The first kappa shape index (κ1) is 23.3. The predicted octanol–water partition coefficient (Wildman–Crippen LogP) is 4.62. The number of fused-ring (bicyclic) bond motifs is 1. The van der Waals surface area contributed by atoms with Gasteiger partial charge in [-0.1, -0.05) is 48.2 Å². The van der Waals surface area contributed by atoms with E-state index in [4.69, 9.17) is 4.74 Å². The lowest BCUT2D eigenvalue weighted by molar-refractivity contribution is 0.0847. The zero-order valence-electron chi connectivity index (χ0n) is 19.1. The molecule has 0 spiro atoms. The number of amides is 2. The fourth-order valence-corrected chi connectivity index (χ4v) is 4.46. The summed E-state index contributed by atoms with van der Waals surface area (Å²) in [5.41, 5.74) is 8.78. The molecule has 172 valence electrons. The molecule has 0 atom stereocenters. The third-order valence-corrected chi connectivity index (χ3v) is 6.10. The number of aryl methyl sites for hydroxylation is 2. The first-order valence-electron chi connectivity index (χ1n) is 10.6. The van der Waals surface area contributed by atoms with Gasteiger partial charge >= 0.3 is 0 Å². The standard InChI is InChI=1S/C26H24N4O3S/c1-16-14-17(2)28-26(27-16)34-15-18-8-10-19(11-9-18)24(31)29-30-25(32)22-12-13-23(33-3)21-7-5-4-6-20(21)22/h4-14H,15H2,1-3H3,(H,29,31)(H,30,32). The van der Waals surface area contributed by atoms with Crippen molar-refractivity contribution in [2.45, 2.75) is 24.8 Å². The maximum atomic E-state index is 12.7. The fourth-order valence-electron chi connectivity index (χ4n) is 3.56. The normalized spacial score (nSPS) is 10.7. The monoisotopic (exact) mass is 472 g/mol. The Bertz CT molecular complexity index is 1340. The van der Waals surface area contributed by atoms with Crippen molar-refractivity contribution in [3.63, 3.8) is 0 Å². The van der Waals surface area contributed by atoms with Gasteiger partial charge in [-0.05, 0) is 55.1 Å². The second kappa shape index (κ2) is 10.4. The molecule has 0 aliphatic rings. The smallest absolute Gasteiger partial charge is 0.270 e. The SMILES string of the molecule is COc1ccc(C(=O)NNC(=O)c2ccc(CSc3nc(C)cc(C)n3)cc2)c2ccccc12. The molecule has 0 aliphatic heterocycles. The molecule has 0 unspecified atom stereocenters. The van der Waals surface area contributed by atoms with E-state index in [0.29, 0.717) is 22.6 Å². The van der Waals surface area contributed by atoms with E-state index >= 15 is 0 Å². The van der Waals surface area contributed by atoms with E-state index in [1.54, 1.807) is 43.1 Å². The number of benzene rings is 3. The summed E-state index contributed by atoms with van der Waals surface area (Å²) in [6, 6.07) is 20.0. The molecule has 34 heavy (non-hydrogen) atoms. The van der Waals surface area contributed by atoms with E-state index in [2.05, 4.69) is 20.8 Å². The number of hydrogen-bond acceptors (Lipinski definition) is 6. The quantitative estimate of drug-likeness (QED) is 0.242. The second-order valence-corrected chi connectivity index (χ2v) is 8.63. The number of ether oxygens (including phenoxy) is 1. The maximum absolute atomic E-state index is 12.7. The van der Waals surface area contributed by atoms with E-state index in [9.17, 15) is 9.59 Å². The van der Waals surface area contributed by atoms with Crippen LogP contribution in [0.3, 0.4) is 0 Å². The van der Waals surface area contributed by atoms with Crippen molar-refractivity contribution in [1.29, 1.82) is 0 Å². The van der Waals surface area contributed by atoms with E-state index in [0.717, 1.165) is 32.9 Å². The van der Waals surface area contributed by atoms with Crippen LogP contribution in [0.15, 0.2) is 71.9 Å². The highest BCUT2D eigenvalue weighted by atomic mass is 32.2. The zero-order chi connectivity index (χ0) is 24.1. The number of rotatable bonds is 6. The van der Waals surface area contributed by atoms with Crippen molar-refractivity contribution in [3.8, 4) is 5.75 Å². The Hall–Kier alpha value is -3.91. The van der Waals surface area contributed by atoms with Crippen LogP contribution in [0.4, 0.5) is 0 Å². The number of nitrogens with zero attached hydrogens (tertiary/aromatic N) is 2. The van der Waals surface area contributed by atoms with Gasteiger partial charge in [0, 0.05) is 33.7 Å². The van der Waals surface area contributed by atoms with Crippen LogP contribution < -0.4 is 15.6 Å². The minimum absolute atomic E-state index is 0.400. The minimum Gasteiger partial charge on any atom is -0.496 e. The Morgan fingerprint density at radius 1 is 0.853 bits per heavy atom. The highest BCUT2D eigenvalue weighted by molar-refractivity contribution is 7.98. The maximum Gasteiger partial charge on any atom is 0.270 e. The Balaban J connectivity index is 1.37. The van der Waals surface area contributed by atoms with Gasteiger partial charge in [-0.15, -0.1) is 0 Å². The summed E-state index contributed by atoms with van der Waals surface area (Å²) in [6.45, 7) is 3.89. The molecule has 1 aromatic heterocycles. The lowest BCUT2D eigenvalue weighted by atomic mass is 10.0. The van der Waals surface area contributed by atoms with Crippen LogP contribution in [-0.4, -0.2) is 28.9 Å². The Morgan fingerprint density at radius 2 is 1.50 bits per heavy atom. The lowest BCUT2D eigenvalue weighted by Gasteiger charge is -2.12. The number of aromatic nitrogens is 2. The summed E-state index contributed by atoms with van der Waals surface area (Å²) >= 11 is 1.54. The number of carbonyl (C=O) groups excluding carboxylic acids is 2. The highest BCUT2D eigenvalue weighted by Gasteiger charge is 2.14. The van der Waals surface area contributed by atoms with E-state index in [1.807, 2.05) is 56.3 Å². The van der Waals surface area contributed by atoms with Crippen molar-refractivity contribution in [2.75, 3.05) is 7.11 Å². The first-order valence-corrected chi connectivity index (χ1v) is 11.6. The Morgan fingerprint density at radius 3 is 2.18 bits per heavy atom. The van der Waals surface area contributed by atoms with Crippen LogP contribution in [0.5, 0.6) is 5.75 Å². The van der Waals surface area contributed by atoms with Crippen molar-refractivity contribution >= 4 is 34.3 Å². The van der Waals surface area contributed by atoms with E-state index in [1.165, 1.54) is 0 Å². The number of hydrazine groups is 1. The van der Waals surface area contributed by atoms with Crippen LogP contribution in [0, 0.1) is 13.8 Å². The average molecular weight is 473 g/mol. The van der Waals surface area contributed by atoms with E-state index < -0.39 is 11.8 Å². The molecule has 0 saturated carbocycles. The highest BCUT2D eigenvalue weighted by Crippen LogP contribution is 2.28. The second-order valence-electron chi connectivity index (χ2n) is 7.69. The molecule has 0 aliphatic carbocycles. The molecule has 0 bridgehead atoms. The van der Waals surface area contributed by atoms with Gasteiger partial charge in [-0.2, -0.15) is 0 Å². The summed E-state index contributed by atoms with van der Waals surface area (Å²) in [5, 5.41) is 2.29. The molecule has 0 fully saturated rings. The topological polar surface area (TPSA) is 93.2 Å². The molecule has 0 saturated heterocycles. The summed E-state index contributed by atoms with van der Waals surface area (Å²) in [7, 11) is 1.59. The van der Waals surface area contributed by atoms with E-state index in [-0.39, 0.29) is 0 Å². The molecule has 0 radical (unpaired) electrons. The summed E-state index contributed by atoms with van der Waals surface area (Å²) < 4.78 is 5.37. The van der Waals surface area contributed by atoms with Crippen LogP contribution in [0.25, 0.3) is 10.8 Å². The van der Waals surface area contributed by atoms with Crippen molar-refractivity contribution in [3.05, 3.63) is 94.8 Å². The predicted molar refractivity (Wildman–Crippen MR) is 133 cm³/mol. The molecule has 1 heterocycles. The summed E-state index contributed by atoms with van der Waals surface area (Å²) in [5.74, 6) is 0.557. The van der Waals surface area contributed by atoms with Gasteiger partial charge in [0.15, 0.2) is 5.16 Å². The van der Waals surface area contributed by atoms with Gasteiger partial charge in [-0.3, -0.25) is 20.4 Å². The van der Waals surface area contributed by atoms with Gasteiger partial charge in [0.25, 0.3) is 11.8 Å². The molecular formula is C26H24N4O3S. The first-order chi connectivity index (χ1) is 16.4. The van der Waals surface area contributed by atoms with Gasteiger partial charge in [0.2, 0.25) is 0 Å². The molecule has 3 aromatic carbocycles. The lowest BCUT2D eigenvalue weighted by Crippen LogP contribution is -2.41. The van der Waals surface area contributed by atoms with Crippen LogP contribution in [0.2, 0.25) is 0 Å². The van der Waals surface area contributed by atoms with Crippen molar-refractivity contribution < 1.29 is 14.3 Å². The molecule has 7 nitrogen and oxygen atoms in total. The Kier molecular flexibility index (Phi) is 7.08. The molecule has 4 rings (SSSR count). The van der Waals surface area contributed by atoms with Gasteiger partial charge in [0.05, 0.1) is 7.11 Å². The minimum atomic E-state index is -0.409. The van der Waals surface area contributed by atoms with Crippen molar-refractivity contribution in [2.24, 2.45) is 0 Å². The largest absolute Gasteiger partial charge is 0.496 e. The number of carbonyl (C=O) groups is 2. The number of hydrogen-bond donors (Lipinski definition) is 2. The summed E-state index contributed by atoms with van der Waals surface area (Å²) in [6.07, 6.45) is 0. The van der Waals surface area contributed by atoms with Gasteiger partial charge < -0.3 is 4.74 Å². The van der Waals surface area contributed by atoms with Crippen LogP contribution in [-0.2, 0) is 5.75 Å². The van der Waals surface area contributed by atoms with Crippen molar-refractivity contribution in [1.82, 2.24) is 20.8 Å².